The molecule has 0 aliphatic carbocycles. The van der Waals surface area contributed by atoms with Crippen LogP contribution < -0.4 is 27.0 Å². The third-order valence-electron chi connectivity index (χ3n) is 4.56. The molecule has 0 bridgehead atoms. The van der Waals surface area contributed by atoms with E-state index in [0.29, 0.717) is 25.7 Å². The molecule has 10 heteroatoms. The third kappa shape index (κ3) is 5.80. The first-order valence-corrected chi connectivity index (χ1v) is 9.14. The zero-order valence-electron chi connectivity index (χ0n) is 15.7. The number of halogens is 3. The van der Waals surface area contributed by atoms with E-state index >= 15 is 0 Å². The van der Waals surface area contributed by atoms with Crippen molar-refractivity contribution in [2.45, 2.75) is 51.2 Å². The molecule has 4 N–H and O–H groups in total. The third-order valence-corrected chi connectivity index (χ3v) is 4.56. The van der Waals surface area contributed by atoms with Crippen LogP contribution in [0.25, 0.3) is 0 Å². The molecule has 0 saturated heterocycles. The van der Waals surface area contributed by atoms with Gasteiger partial charge in [-0.15, -0.1) is 0 Å². The van der Waals surface area contributed by atoms with Gasteiger partial charge in [0, 0.05) is 18.2 Å². The Morgan fingerprint density at radius 3 is 2.24 bits per heavy atom. The molecule has 0 aliphatic heterocycles. The number of anilines is 3. The molecule has 2 aromatic rings. The lowest BCUT2D eigenvalue weighted by atomic mass is 10.0. The van der Waals surface area contributed by atoms with Gasteiger partial charge in [-0.2, -0.15) is 13.2 Å². The molecule has 0 radical (unpaired) electrons. The second-order valence-electron chi connectivity index (χ2n) is 6.64. The molecule has 1 atom stereocenters. The van der Waals surface area contributed by atoms with Gasteiger partial charge in [0.2, 0.25) is 5.91 Å². The number of alkyl halides is 3. The fourth-order valence-corrected chi connectivity index (χ4v) is 2.85. The number of carbonyl (C=O) groups is 1. The topological polar surface area (TPSA) is 108 Å². The Labute approximate surface area is 164 Å². The number of hydrogen-bond acceptors (Lipinski definition) is 6. The molecule has 0 aliphatic rings. The van der Waals surface area contributed by atoms with Crippen LogP contribution in [0.1, 0.15) is 44.6 Å². The van der Waals surface area contributed by atoms with Crippen LogP contribution in [0.5, 0.6) is 0 Å². The molecule has 7 nitrogen and oxygen atoms in total. The summed E-state index contributed by atoms with van der Waals surface area (Å²) < 4.78 is 37.9. The largest absolute Gasteiger partial charge is 0.416 e. The summed E-state index contributed by atoms with van der Waals surface area (Å²) in [5.74, 6) is -0.475. The standard InChI is InChI=1S/C19H22F3N3O4/c1-2-12(5-3-4-6-14(26)25-29)23-15-16(18(28)17(15)27)24-13-9-7-11(8-10-13)19(20,21)22/h7-10,12,23-24,29H,2-6H2,1H3,(H,25,26). The van der Waals surface area contributed by atoms with Gasteiger partial charge in [-0.25, -0.2) is 5.48 Å². The summed E-state index contributed by atoms with van der Waals surface area (Å²) in [6.45, 7) is 1.90. The highest BCUT2D eigenvalue weighted by molar-refractivity contribution is 5.79. The van der Waals surface area contributed by atoms with Gasteiger partial charge in [-0.1, -0.05) is 13.3 Å². The Hall–Kier alpha value is -2.88. The van der Waals surface area contributed by atoms with Crippen LogP contribution in [-0.4, -0.2) is 17.2 Å². The molecule has 2 aromatic carbocycles. The first-order valence-electron chi connectivity index (χ1n) is 9.14. The van der Waals surface area contributed by atoms with Gasteiger partial charge in [0.25, 0.3) is 10.9 Å². The normalized spacial score (nSPS) is 12.6. The summed E-state index contributed by atoms with van der Waals surface area (Å²) in [7, 11) is 0. The molecular formula is C19H22F3N3O4. The monoisotopic (exact) mass is 413 g/mol. The van der Waals surface area contributed by atoms with E-state index in [4.69, 9.17) is 5.21 Å². The first kappa shape index (κ1) is 22.4. The van der Waals surface area contributed by atoms with E-state index in [2.05, 4.69) is 10.6 Å². The predicted molar refractivity (Wildman–Crippen MR) is 102 cm³/mol. The van der Waals surface area contributed by atoms with Crippen LogP contribution >= 0.6 is 0 Å². The van der Waals surface area contributed by atoms with Crippen molar-refractivity contribution in [2.24, 2.45) is 0 Å². The van der Waals surface area contributed by atoms with Crippen molar-refractivity contribution in [1.29, 1.82) is 0 Å². The molecule has 1 unspecified atom stereocenters. The molecule has 0 heterocycles. The Morgan fingerprint density at radius 1 is 1.07 bits per heavy atom. The van der Waals surface area contributed by atoms with Crippen LogP contribution in [0.15, 0.2) is 33.9 Å². The van der Waals surface area contributed by atoms with Crippen LogP contribution in [0.4, 0.5) is 30.2 Å². The first-order chi connectivity index (χ1) is 13.7. The van der Waals surface area contributed by atoms with E-state index in [1.165, 1.54) is 12.1 Å². The van der Waals surface area contributed by atoms with Gasteiger partial charge in [0.15, 0.2) is 0 Å². The van der Waals surface area contributed by atoms with Gasteiger partial charge in [0.05, 0.1) is 5.56 Å². The Balaban J connectivity index is 2.00. The lowest BCUT2D eigenvalue weighted by Crippen LogP contribution is -2.39. The minimum atomic E-state index is -4.46. The SMILES string of the molecule is CCC(CCCCC(=O)NO)Nc1c(Nc2ccc(C(F)(F)F)cc2)c(=O)c1=O. The predicted octanol–water partition coefficient (Wildman–Crippen LogP) is 3.30. The summed E-state index contributed by atoms with van der Waals surface area (Å²) in [5, 5.41) is 14.2. The van der Waals surface area contributed by atoms with Gasteiger partial charge in [-0.3, -0.25) is 19.6 Å². The van der Waals surface area contributed by atoms with Crippen LogP contribution in [0, 0.1) is 0 Å². The number of unbranched alkanes of at least 4 members (excludes halogenated alkanes) is 1. The van der Waals surface area contributed by atoms with E-state index < -0.39 is 28.5 Å². The number of benzene rings is 1. The molecule has 1 amide bonds. The summed E-state index contributed by atoms with van der Waals surface area (Å²) in [6, 6.07) is 4.03. The maximum atomic E-state index is 12.6. The Bertz CT molecular complexity index is 903. The summed E-state index contributed by atoms with van der Waals surface area (Å²) in [6.07, 6.45) is -1.78. The summed E-state index contributed by atoms with van der Waals surface area (Å²) in [5.41, 5.74) is -0.288. The van der Waals surface area contributed by atoms with Crippen molar-refractivity contribution in [3.63, 3.8) is 0 Å². The maximum Gasteiger partial charge on any atom is 0.416 e. The smallest absolute Gasteiger partial charge is 0.377 e. The Kier molecular flexibility index (Phi) is 7.38. The van der Waals surface area contributed by atoms with Crippen molar-refractivity contribution in [2.75, 3.05) is 10.6 Å². The number of hydroxylamine groups is 1. The van der Waals surface area contributed by atoms with E-state index in [0.717, 1.165) is 12.1 Å². The van der Waals surface area contributed by atoms with Crippen molar-refractivity contribution >= 4 is 23.0 Å². The fourth-order valence-electron chi connectivity index (χ4n) is 2.85. The van der Waals surface area contributed by atoms with Crippen molar-refractivity contribution in [3.8, 4) is 0 Å². The Morgan fingerprint density at radius 2 is 1.69 bits per heavy atom. The van der Waals surface area contributed by atoms with Gasteiger partial charge < -0.3 is 10.6 Å². The second-order valence-corrected chi connectivity index (χ2v) is 6.64. The molecule has 0 aromatic heterocycles. The number of nitrogens with one attached hydrogen (secondary N) is 3. The second kappa shape index (κ2) is 9.55. The minimum Gasteiger partial charge on any atom is -0.377 e. The van der Waals surface area contributed by atoms with E-state index in [1.807, 2.05) is 6.92 Å². The highest BCUT2D eigenvalue weighted by Gasteiger charge is 2.30. The number of amides is 1. The number of rotatable bonds is 10. The van der Waals surface area contributed by atoms with Crippen molar-refractivity contribution in [3.05, 3.63) is 50.3 Å². The van der Waals surface area contributed by atoms with Crippen LogP contribution in [-0.2, 0) is 11.0 Å². The molecular weight excluding hydrogens is 391 g/mol. The fraction of sp³-hybridized carbons (Fsp3) is 0.421. The molecule has 29 heavy (non-hydrogen) atoms. The van der Waals surface area contributed by atoms with E-state index in [-0.39, 0.29) is 29.5 Å². The lowest BCUT2D eigenvalue weighted by Gasteiger charge is -2.21. The number of hydrogen-bond donors (Lipinski definition) is 4. The highest BCUT2D eigenvalue weighted by Crippen LogP contribution is 2.31. The van der Waals surface area contributed by atoms with Gasteiger partial charge in [0.1, 0.15) is 11.4 Å². The molecule has 0 fully saturated rings. The molecule has 0 saturated carbocycles. The van der Waals surface area contributed by atoms with Crippen LogP contribution in [0.2, 0.25) is 0 Å². The zero-order valence-corrected chi connectivity index (χ0v) is 15.7. The lowest BCUT2D eigenvalue weighted by molar-refractivity contribution is -0.137. The number of carbonyl (C=O) groups excluding carboxylic acids is 1. The van der Waals surface area contributed by atoms with Crippen molar-refractivity contribution in [1.82, 2.24) is 5.48 Å². The molecule has 2 rings (SSSR count). The highest BCUT2D eigenvalue weighted by atomic mass is 19.4. The average Bonchev–Trinajstić information content (AvgIpc) is 2.71. The molecule has 158 valence electrons. The minimum absolute atomic E-state index is 0.0212. The summed E-state index contributed by atoms with van der Waals surface area (Å²) in [4.78, 5) is 34.8. The quantitative estimate of drug-likeness (QED) is 0.206. The van der Waals surface area contributed by atoms with Gasteiger partial charge >= 0.3 is 6.18 Å². The maximum absolute atomic E-state index is 12.6. The van der Waals surface area contributed by atoms with E-state index in [9.17, 15) is 27.6 Å². The van der Waals surface area contributed by atoms with Crippen molar-refractivity contribution < 1.29 is 23.2 Å². The van der Waals surface area contributed by atoms with E-state index in [1.54, 1.807) is 5.48 Å². The zero-order chi connectivity index (χ0) is 21.6. The van der Waals surface area contributed by atoms with Gasteiger partial charge in [-0.05, 0) is 43.5 Å². The average molecular weight is 413 g/mol. The molecule has 0 spiro atoms. The van der Waals surface area contributed by atoms with Crippen LogP contribution in [0.3, 0.4) is 0 Å². The summed E-state index contributed by atoms with van der Waals surface area (Å²) >= 11 is 0.